The average Bonchev–Trinajstić information content (AvgIpc) is 2.89. The highest BCUT2D eigenvalue weighted by atomic mass is 32.1. The van der Waals surface area contributed by atoms with Crippen molar-refractivity contribution < 1.29 is 14.3 Å². The highest BCUT2D eigenvalue weighted by Crippen LogP contribution is 2.23. The maximum atomic E-state index is 12.3. The Balaban J connectivity index is 2.14. The van der Waals surface area contributed by atoms with Crippen LogP contribution in [0.1, 0.15) is 44.3 Å². The van der Waals surface area contributed by atoms with Crippen LogP contribution in [0.2, 0.25) is 0 Å². The number of amides is 1. The van der Waals surface area contributed by atoms with E-state index in [4.69, 9.17) is 4.74 Å². The minimum Gasteiger partial charge on any atom is -0.462 e. The molecule has 0 unspecified atom stereocenters. The van der Waals surface area contributed by atoms with E-state index < -0.39 is 0 Å². The van der Waals surface area contributed by atoms with Gasteiger partial charge in [0.1, 0.15) is 0 Å². The minimum atomic E-state index is -0.390. The monoisotopic (exact) mass is 317 g/mol. The number of carbonyl (C=O) groups is 2. The molecular formula is C17H19NO3S. The fourth-order valence-corrected chi connectivity index (χ4v) is 3.12. The molecule has 1 amide bonds. The van der Waals surface area contributed by atoms with E-state index in [0.717, 1.165) is 12.0 Å². The van der Waals surface area contributed by atoms with Gasteiger partial charge in [-0.05, 0) is 50.1 Å². The zero-order valence-corrected chi connectivity index (χ0v) is 13.8. The zero-order valence-electron chi connectivity index (χ0n) is 12.9. The molecule has 2 aromatic rings. The number of anilines is 1. The SMILES string of the molecule is CCOC(=O)c1cccc(NC(=O)c2cc(C)c(CC)s2)c1. The second kappa shape index (κ2) is 7.22. The van der Waals surface area contributed by atoms with Crippen molar-refractivity contribution in [2.24, 2.45) is 0 Å². The first kappa shape index (κ1) is 16.2. The molecule has 0 bridgehead atoms. The number of hydrogen-bond acceptors (Lipinski definition) is 4. The highest BCUT2D eigenvalue weighted by Gasteiger charge is 2.13. The molecule has 0 fully saturated rings. The second-order valence-corrected chi connectivity index (χ2v) is 5.96. The van der Waals surface area contributed by atoms with Gasteiger partial charge in [-0.25, -0.2) is 4.79 Å². The van der Waals surface area contributed by atoms with Crippen molar-refractivity contribution in [3.63, 3.8) is 0 Å². The maximum Gasteiger partial charge on any atom is 0.338 e. The fourth-order valence-electron chi connectivity index (χ4n) is 2.11. The van der Waals surface area contributed by atoms with Crippen LogP contribution in [0.5, 0.6) is 0 Å². The summed E-state index contributed by atoms with van der Waals surface area (Å²) in [5, 5.41) is 2.82. The van der Waals surface area contributed by atoms with Crippen LogP contribution in [0.25, 0.3) is 0 Å². The van der Waals surface area contributed by atoms with E-state index in [1.807, 2.05) is 13.0 Å². The predicted molar refractivity (Wildman–Crippen MR) is 88.8 cm³/mol. The standard InChI is InChI=1S/C17H19NO3S/c1-4-14-11(3)9-15(22-14)16(19)18-13-8-6-7-12(10-13)17(20)21-5-2/h6-10H,4-5H2,1-3H3,(H,18,19). The Hall–Kier alpha value is -2.14. The van der Waals surface area contributed by atoms with E-state index in [2.05, 4.69) is 12.2 Å². The van der Waals surface area contributed by atoms with Gasteiger partial charge in [0.2, 0.25) is 0 Å². The molecule has 0 saturated heterocycles. The van der Waals surface area contributed by atoms with Crippen molar-refractivity contribution >= 4 is 28.9 Å². The molecule has 116 valence electrons. The van der Waals surface area contributed by atoms with Gasteiger partial charge in [-0.2, -0.15) is 0 Å². The van der Waals surface area contributed by atoms with Crippen LogP contribution in [0, 0.1) is 6.92 Å². The van der Waals surface area contributed by atoms with E-state index in [1.165, 1.54) is 16.2 Å². The van der Waals surface area contributed by atoms with Crippen molar-refractivity contribution in [3.05, 3.63) is 51.2 Å². The molecule has 0 aliphatic rings. The first-order valence-electron chi connectivity index (χ1n) is 7.23. The maximum absolute atomic E-state index is 12.3. The lowest BCUT2D eigenvalue weighted by Crippen LogP contribution is -2.11. The van der Waals surface area contributed by atoms with E-state index >= 15 is 0 Å². The second-order valence-electron chi connectivity index (χ2n) is 4.83. The zero-order chi connectivity index (χ0) is 16.1. The lowest BCUT2D eigenvalue weighted by atomic mass is 10.2. The predicted octanol–water partition coefficient (Wildman–Crippen LogP) is 4.05. The molecule has 4 nitrogen and oxygen atoms in total. The third kappa shape index (κ3) is 3.74. The van der Waals surface area contributed by atoms with Crippen molar-refractivity contribution in [1.29, 1.82) is 0 Å². The van der Waals surface area contributed by atoms with Crippen molar-refractivity contribution in [2.75, 3.05) is 11.9 Å². The summed E-state index contributed by atoms with van der Waals surface area (Å²) in [6, 6.07) is 8.66. The number of nitrogens with one attached hydrogen (secondary N) is 1. The highest BCUT2D eigenvalue weighted by molar-refractivity contribution is 7.14. The lowest BCUT2D eigenvalue weighted by Gasteiger charge is -2.06. The summed E-state index contributed by atoms with van der Waals surface area (Å²) in [5.41, 5.74) is 2.15. The normalized spacial score (nSPS) is 10.3. The Morgan fingerprint density at radius 3 is 2.64 bits per heavy atom. The molecule has 0 radical (unpaired) electrons. The first-order chi connectivity index (χ1) is 10.5. The van der Waals surface area contributed by atoms with E-state index in [0.29, 0.717) is 22.7 Å². The number of thiophene rings is 1. The van der Waals surface area contributed by atoms with Gasteiger partial charge in [0.05, 0.1) is 17.0 Å². The average molecular weight is 317 g/mol. The fraction of sp³-hybridized carbons (Fsp3) is 0.294. The van der Waals surface area contributed by atoms with Crippen LogP contribution < -0.4 is 5.32 Å². The van der Waals surface area contributed by atoms with Crippen molar-refractivity contribution in [2.45, 2.75) is 27.2 Å². The van der Waals surface area contributed by atoms with E-state index in [9.17, 15) is 9.59 Å². The Morgan fingerprint density at radius 1 is 1.23 bits per heavy atom. The number of rotatable bonds is 5. The Labute approximate surface area is 134 Å². The van der Waals surface area contributed by atoms with Crippen LogP contribution in [-0.4, -0.2) is 18.5 Å². The van der Waals surface area contributed by atoms with Gasteiger partial charge >= 0.3 is 5.97 Å². The number of aryl methyl sites for hydroxylation is 2. The molecule has 0 atom stereocenters. The summed E-state index contributed by atoms with van der Waals surface area (Å²) >= 11 is 1.50. The van der Waals surface area contributed by atoms with Gasteiger partial charge in [-0.3, -0.25) is 4.79 Å². The molecule has 0 spiro atoms. The number of esters is 1. The quantitative estimate of drug-likeness (QED) is 0.847. The summed E-state index contributed by atoms with van der Waals surface area (Å²) in [7, 11) is 0. The number of ether oxygens (including phenoxy) is 1. The molecule has 0 aliphatic heterocycles. The van der Waals surface area contributed by atoms with Crippen molar-refractivity contribution in [1.82, 2.24) is 0 Å². The number of hydrogen-bond donors (Lipinski definition) is 1. The summed E-state index contributed by atoms with van der Waals surface area (Å²) in [4.78, 5) is 25.9. The van der Waals surface area contributed by atoms with Gasteiger partial charge in [-0.1, -0.05) is 13.0 Å². The van der Waals surface area contributed by atoms with Crippen LogP contribution in [-0.2, 0) is 11.2 Å². The topological polar surface area (TPSA) is 55.4 Å². The minimum absolute atomic E-state index is 0.159. The number of benzene rings is 1. The molecule has 1 heterocycles. The van der Waals surface area contributed by atoms with E-state index in [1.54, 1.807) is 31.2 Å². The Bertz CT molecular complexity index is 691. The Kier molecular flexibility index (Phi) is 5.33. The van der Waals surface area contributed by atoms with Gasteiger partial charge in [0.25, 0.3) is 5.91 Å². The van der Waals surface area contributed by atoms with Crippen molar-refractivity contribution in [3.8, 4) is 0 Å². The summed E-state index contributed by atoms with van der Waals surface area (Å²) in [6.07, 6.45) is 0.919. The largest absolute Gasteiger partial charge is 0.462 e. The van der Waals surface area contributed by atoms with Crippen LogP contribution in [0.3, 0.4) is 0 Å². The van der Waals surface area contributed by atoms with Gasteiger partial charge in [-0.15, -0.1) is 11.3 Å². The van der Waals surface area contributed by atoms with Crippen LogP contribution in [0.15, 0.2) is 30.3 Å². The molecule has 0 aliphatic carbocycles. The molecule has 1 N–H and O–H groups in total. The molecule has 1 aromatic carbocycles. The molecule has 5 heteroatoms. The van der Waals surface area contributed by atoms with Crippen LogP contribution in [0.4, 0.5) is 5.69 Å². The first-order valence-corrected chi connectivity index (χ1v) is 8.04. The molecule has 22 heavy (non-hydrogen) atoms. The van der Waals surface area contributed by atoms with E-state index in [-0.39, 0.29) is 11.9 Å². The third-order valence-corrected chi connectivity index (χ3v) is 4.58. The van der Waals surface area contributed by atoms with Gasteiger partial charge in [0, 0.05) is 10.6 Å². The summed E-state index contributed by atoms with van der Waals surface area (Å²) in [5.74, 6) is -0.548. The number of carbonyl (C=O) groups excluding carboxylic acids is 2. The van der Waals surface area contributed by atoms with Gasteiger partial charge < -0.3 is 10.1 Å². The third-order valence-electron chi connectivity index (χ3n) is 3.20. The molecule has 1 aromatic heterocycles. The molecule has 2 rings (SSSR count). The summed E-state index contributed by atoms with van der Waals surface area (Å²) < 4.78 is 4.96. The molecular weight excluding hydrogens is 298 g/mol. The smallest absolute Gasteiger partial charge is 0.338 e. The summed E-state index contributed by atoms with van der Waals surface area (Å²) in [6.45, 7) is 6.16. The molecule has 0 saturated carbocycles. The lowest BCUT2D eigenvalue weighted by molar-refractivity contribution is 0.0526. The van der Waals surface area contributed by atoms with Crippen LogP contribution >= 0.6 is 11.3 Å². The van der Waals surface area contributed by atoms with Gasteiger partial charge in [0.15, 0.2) is 0 Å². The Morgan fingerprint density at radius 2 is 2.00 bits per heavy atom.